The van der Waals surface area contributed by atoms with Gasteiger partial charge in [-0.25, -0.2) is 0 Å². The van der Waals surface area contributed by atoms with Crippen molar-refractivity contribution in [3.63, 3.8) is 0 Å². The fourth-order valence-electron chi connectivity index (χ4n) is 7.31. The Morgan fingerprint density at radius 3 is 2.39 bits per heavy atom. The summed E-state index contributed by atoms with van der Waals surface area (Å²) in [5.41, 5.74) is 6.55. The molecule has 1 aromatic rings. The topological polar surface area (TPSA) is 0 Å². The van der Waals surface area contributed by atoms with E-state index >= 15 is 0 Å². The Morgan fingerprint density at radius 2 is 1.65 bits per heavy atom. The first-order valence-corrected chi connectivity index (χ1v) is 9.78. The average molecular weight is 311 g/mol. The van der Waals surface area contributed by atoms with Gasteiger partial charge in [0.25, 0.3) is 0 Å². The minimum absolute atomic E-state index is 0.354. The van der Waals surface area contributed by atoms with Gasteiger partial charge in [0.05, 0.1) is 0 Å². The molecule has 4 rings (SSSR count). The highest BCUT2D eigenvalue weighted by atomic mass is 14.7. The van der Waals surface area contributed by atoms with Gasteiger partial charge in [-0.3, -0.25) is 0 Å². The number of benzene rings is 1. The van der Waals surface area contributed by atoms with Gasteiger partial charge in [0, 0.05) is 0 Å². The van der Waals surface area contributed by atoms with Crippen LogP contribution in [0.25, 0.3) is 0 Å². The van der Waals surface area contributed by atoms with E-state index in [0.29, 0.717) is 21.7 Å². The van der Waals surface area contributed by atoms with Crippen molar-refractivity contribution in [2.45, 2.75) is 85.5 Å². The molecule has 2 fully saturated rings. The van der Waals surface area contributed by atoms with Crippen LogP contribution in [0.2, 0.25) is 0 Å². The molecule has 0 bridgehead atoms. The lowest BCUT2D eigenvalue weighted by Gasteiger charge is -2.68. The Labute approximate surface area is 143 Å². The third kappa shape index (κ3) is 1.59. The molecule has 0 amide bonds. The van der Waals surface area contributed by atoms with Crippen molar-refractivity contribution in [1.29, 1.82) is 0 Å². The van der Waals surface area contributed by atoms with Crippen molar-refractivity contribution >= 4 is 0 Å². The van der Waals surface area contributed by atoms with Crippen LogP contribution in [-0.2, 0) is 11.8 Å². The zero-order valence-corrected chi connectivity index (χ0v) is 16.1. The molecular weight excluding hydrogens is 276 g/mol. The summed E-state index contributed by atoms with van der Waals surface area (Å²) in [6.07, 6.45) is 8.29. The highest BCUT2D eigenvalue weighted by Gasteiger charge is 2.69. The third-order valence-electron chi connectivity index (χ3n) is 9.76. The zero-order valence-electron chi connectivity index (χ0n) is 16.1. The summed E-state index contributed by atoms with van der Waals surface area (Å²) in [5, 5.41) is 0. The Hall–Kier alpha value is -0.780. The highest BCUT2D eigenvalue weighted by molar-refractivity contribution is 5.43. The maximum atomic E-state index is 2.66. The lowest BCUT2D eigenvalue weighted by Crippen LogP contribution is -2.62. The predicted octanol–water partition coefficient (Wildman–Crippen LogP) is 6.44. The molecule has 0 radical (unpaired) electrons. The molecule has 1 aromatic carbocycles. The van der Waals surface area contributed by atoms with Gasteiger partial charge in [0.15, 0.2) is 0 Å². The molecule has 3 aliphatic rings. The summed E-state index contributed by atoms with van der Waals surface area (Å²) in [6.45, 7) is 15.3. The van der Waals surface area contributed by atoms with Gasteiger partial charge >= 0.3 is 0 Å². The lowest BCUT2D eigenvalue weighted by atomic mass is 9.36. The van der Waals surface area contributed by atoms with E-state index in [-0.39, 0.29) is 0 Å². The van der Waals surface area contributed by atoms with Crippen LogP contribution in [0.5, 0.6) is 0 Å². The normalized spacial score (nSPS) is 48.5. The second-order valence-corrected chi connectivity index (χ2v) is 10.0. The fourth-order valence-corrected chi connectivity index (χ4v) is 7.31. The summed E-state index contributed by atoms with van der Waals surface area (Å²) in [6, 6.07) is 7.29. The van der Waals surface area contributed by atoms with E-state index in [1.165, 1.54) is 44.1 Å². The van der Waals surface area contributed by atoms with Gasteiger partial charge in [-0.15, -0.1) is 0 Å². The Bertz CT molecular complexity index is 658. The Balaban J connectivity index is 1.91. The lowest BCUT2D eigenvalue weighted by molar-refractivity contribution is -0.148. The first-order chi connectivity index (χ1) is 10.7. The summed E-state index contributed by atoms with van der Waals surface area (Å²) >= 11 is 0. The smallest absolute Gasteiger partial charge is 0.00131 e. The molecule has 5 atom stereocenters. The van der Waals surface area contributed by atoms with E-state index in [9.17, 15) is 0 Å². The zero-order chi connectivity index (χ0) is 16.7. The van der Waals surface area contributed by atoms with Crippen LogP contribution in [0.3, 0.4) is 0 Å². The summed E-state index contributed by atoms with van der Waals surface area (Å²) in [5.74, 6) is 0.883. The Kier molecular flexibility index (Phi) is 3.03. The summed E-state index contributed by atoms with van der Waals surface area (Å²) in [4.78, 5) is 0. The highest BCUT2D eigenvalue weighted by Crippen LogP contribution is 2.76. The maximum Gasteiger partial charge on any atom is -0.00131 e. The fraction of sp³-hybridized carbons (Fsp3) is 0.739. The molecule has 0 unspecified atom stereocenters. The first-order valence-electron chi connectivity index (χ1n) is 9.78. The van der Waals surface area contributed by atoms with E-state index in [0.717, 1.165) is 5.92 Å². The van der Waals surface area contributed by atoms with Crippen molar-refractivity contribution in [2.24, 2.45) is 22.2 Å². The van der Waals surface area contributed by atoms with E-state index in [4.69, 9.17) is 0 Å². The standard InChI is InChI=1S/C23H34/c1-16-7-8-19-18(15-16)10-12-23(6)21(19,4)14-13-20(3)17(2)9-11-22(20,23)5/h7-8,15,17H,9-14H2,1-6H3/t17-,20+,21+,22+,23+/m0/s1. The third-order valence-corrected chi connectivity index (χ3v) is 9.76. The molecule has 0 heteroatoms. The van der Waals surface area contributed by atoms with Gasteiger partial charge in [-0.05, 0) is 84.2 Å². The summed E-state index contributed by atoms with van der Waals surface area (Å²) < 4.78 is 0. The molecule has 3 aliphatic carbocycles. The van der Waals surface area contributed by atoms with Gasteiger partial charge in [-0.1, -0.05) is 58.4 Å². The Morgan fingerprint density at radius 1 is 0.913 bits per heavy atom. The van der Waals surface area contributed by atoms with E-state index < -0.39 is 0 Å². The van der Waals surface area contributed by atoms with Crippen molar-refractivity contribution in [3.05, 3.63) is 34.9 Å². The largest absolute Gasteiger partial charge is 0.0620 e. The van der Waals surface area contributed by atoms with Gasteiger partial charge in [0.1, 0.15) is 0 Å². The quantitative estimate of drug-likeness (QED) is 0.517. The van der Waals surface area contributed by atoms with Crippen molar-refractivity contribution in [3.8, 4) is 0 Å². The van der Waals surface area contributed by atoms with Crippen LogP contribution in [-0.4, -0.2) is 0 Å². The van der Waals surface area contributed by atoms with Crippen molar-refractivity contribution in [2.75, 3.05) is 0 Å². The number of rotatable bonds is 0. The predicted molar refractivity (Wildman–Crippen MR) is 98.8 cm³/mol. The van der Waals surface area contributed by atoms with Crippen LogP contribution >= 0.6 is 0 Å². The first kappa shape index (κ1) is 15.7. The number of hydrogen-bond donors (Lipinski definition) is 0. The second-order valence-electron chi connectivity index (χ2n) is 10.0. The monoisotopic (exact) mass is 310 g/mol. The molecule has 0 spiro atoms. The molecule has 0 aromatic heterocycles. The van der Waals surface area contributed by atoms with Crippen LogP contribution in [0.15, 0.2) is 18.2 Å². The SMILES string of the molecule is Cc1ccc2c(c1)CC[C@@]1(C)[C@]3(C)CC[C@H](C)[C@@]3(C)CC[C@]21C. The molecule has 23 heavy (non-hydrogen) atoms. The molecule has 126 valence electrons. The minimum atomic E-state index is 0.354. The molecular formula is C23H34. The number of aryl methyl sites for hydroxylation is 2. The van der Waals surface area contributed by atoms with Crippen molar-refractivity contribution < 1.29 is 0 Å². The van der Waals surface area contributed by atoms with E-state index in [1.807, 2.05) is 0 Å². The second kappa shape index (κ2) is 4.44. The van der Waals surface area contributed by atoms with Crippen LogP contribution < -0.4 is 0 Å². The van der Waals surface area contributed by atoms with Crippen LogP contribution in [0.1, 0.15) is 83.4 Å². The van der Waals surface area contributed by atoms with Crippen LogP contribution in [0.4, 0.5) is 0 Å². The van der Waals surface area contributed by atoms with Gasteiger partial charge in [0.2, 0.25) is 0 Å². The molecule has 2 saturated carbocycles. The minimum Gasteiger partial charge on any atom is -0.0620 e. The van der Waals surface area contributed by atoms with E-state index in [2.05, 4.69) is 59.7 Å². The molecule has 0 nitrogen and oxygen atoms in total. The average Bonchev–Trinajstić information content (AvgIpc) is 2.75. The summed E-state index contributed by atoms with van der Waals surface area (Å²) in [7, 11) is 0. The molecule has 0 heterocycles. The van der Waals surface area contributed by atoms with Gasteiger partial charge < -0.3 is 0 Å². The van der Waals surface area contributed by atoms with Gasteiger partial charge in [-0.2, -0.15) is 0 Å². The van der Waals surface area contributed by atoms with Crippen molar-refractivity contribution in [1.82, 2.24) is 0 Å². The number of hydrogen-bond acceptors (Lipinski definition) is 0. The number of fused-ring (bicyclic) bond motifs is 5. The molecule has 0 N–H and O–H groups in total. The molecule has 0 saturated heterocycles. The van der Waals surface area contributed by atoms with E-state index in [1.54, 1.807) is 11.1 Å². The van der Waals surface area contributed by atoms with Crippen LogP contribution in [0, 0.1) is 29.1 Å². The molecule has 0 aliphatic heterocycles. The maximum absolute atomic E-state index is 2.66.